The highest BCUT2D eigenvalue weighted by Crippen LogP contribution is 2.25. The molecule has 4 nitrogen and oxygen atoms in total. The number of nitrogens with one attached hydrogen (secondary N) is 1. The molecule has 0 aromatic heterocycles. The first-order valence-corrected chi connectivity index (χ1v) is 7.31. The Balaban J connectivity index is 1.85. The second-order valence-corrected chi connectivity index (χ2v) is 5.69. The van der Waals surface area contributed by atoms with Crippen LogP contribution in [-0.4, -0.2) is 44.2 Å². The Kier molecular flexibility index (Phi) is 6.08. The maximum atomic E-state index is 10.1. The molecule has 1 fully saturated rings. The molecule has 3 atom stereocenters. The lowest BCUT2D eigenvalue weighted by atomic mass is 9.96. The van der Waals surface area contributed by atoms with Crippen molar-refractivity contribution in [1.82, 2.24) is 5.32 Å². The Hall–Kier alpha value is -0.360. The van der Waals surface area contributed by atoms with Gasteiger partial charge in [0.2, 0.25) is 0 Å². The molecule has 20 heavy (non-hydrogen) atoms. The van der Waals surface area contributed by atoms with E-state index in [4.69, 9.17) is 32.7 Å². The van der Waals surface area contributed by atoms with Gasteiger partial charge >= 0.3 is 0 Å². The molecule has 112 valence electrons. The maximum absolute atomic E-state index is 10.1. The van der Waals surface area contributed by atoms with E-state index in [9.17, 15) is 5.11 Å². The van der Waals surface area contributed by atoms with Crippen LogP contribution in [0.25, 0.3) is 0 Å². The Bertz CT molecular complexity index is 444. The van der Waals surface area contributed by atoms with Crippen molar-refractivity contribution in [2.75, 3.05) is 26.9 Å². The van der Waals surface area contributed by atoms with E-state index in [1.807, 2.05) is 12.1 Å². The van der Waals surface area contributed by atoms with E-state index in [1.54, 1.807) is 13.2 Å². The molecule has 0 unspecified atom stereocenters. The topological polar surface area (TPSA) is 50.7 Å². The summed E-state index contributed by atoms with van der Waals surface area (Å²) < 4.78 is 10.6. The second-order valence-electron chi connectivity index (χ2n) is 4.91. The van der Waals surface area contributed by atoms with Gasteiger partial charge in [-0.05, 0) is 11.6 Å². The molecule has 1 heterocycles. The molecule has 1 saturated heterocycles. The maximum Gasteiger partial charge on any atom is 0.107 e. The molecule has 1 aromatic rings. The summed E-state index contributed by atoms with van der Waals surface area (Å²) in [6, 6.07) is 5.55. The number of hydrogen-bond donors (Lipinski definition) is 2. The average molecular weight is 320 g/mol. The van der Waals surface area contributed by atoms with Gasteiger partial charge < -0.3 is 19.9 Å². The van der Waals surface area contributed by atoms with Crippen LogP contribution >= 0.6 is 23.2 Å². The Morgan fingerprint density at radius 1 is 1.40 bits per heavy atom. The number of halogens is 2. The second kappa shape index (κ2) is 7.59. The number of rotatable bonds is 5. The third-order valence-corrected chi connectivity index (χ3v) is 4.39. The van der Waals surface area contributed by atoms with Gasteiger partial charge in [0, 0.05) is 26.1 Å². The largest absolute Gasteiger partial charge is 0.390 e. The lowest BCUT2D eigenvalue weighted by molar-refractivity contribution is -0.133. The fourth-order valence-corrected chi connectivity index (χ4v) is 2.69. The predicted octanol–water partition coefficient (Wildman–Crippen LogP) is 2.11. The molecule has 1 aliphatic heterocycles. The van der Waals surface area contributed by atoms with Gasteiger partial charge in [-0.25, -0.2) is 0 Å². The molecule has 0 radical (unpaired) electrons. The summed E-state index contributed by atoms with van der Waals surface area (Å²) in [5.74, 6) is 0.00617. The third-order valence-electron chi connectivity index (χ3n) is 3.53. The van der Waals surface area contributed by atoms with Crippen LogP contribution in [0, 0.1) is 5.92 Å². The zero-order valence-corrected chi connectivity index (χ0v) is 12.8. The number of aliphatic hydroxyl groups is 1. The zero-order chi connectivity index (χ0) is 14.5. The summed E-state index contributed by atoms with van der Waals surface area (Å²) in [6.45, 7) is 2.19. The summed E-state index contributed by atoms with van der Waals surface area (Å²) in [4.78, 5) is 0. The minimum absolute atomic E-state index is 0.00617. The van der Waals surface area contributed by atoms with Crippen LogP contribution < -0.4 is 5.32 Å². The van der Waals surface area contributed by atoms with Crippen LogP contribution in [0.3, 0.4) is 0 Å². The molecule has 0 amide bonds. The van der Waals surface area contributed by atoms with E-state index in [-0.39, 0.29) is 12.0 Å². The highest BCUT2D eigenvalue weighted by Gasteiger charge is 2.32. The van der Waals surface area contributed by atoms with Crippen molar-refractivity contribution < 1.29 is 14.6 Å². The smallest absolute Gasteiger partial charge is 0.107 e. The van der Waals surface area contributed by atoms with Gasteiger partial charge in [0.15, 0.2) is 0 Å². The molecule has 0 spiro atoms. The molecule has 0 aliphatic carbocycles. The van der Waals surface area contributed by atoms with Gasteiger partial charge in [-0.1, -0.05) is 35.3 Å². The van der Waals surface area contributed by atoms with Crippen molar-refractivity contribution in [2.45, 2.75) is 18.8 Å². The molecular weight excluding hydrogens is 301 g/mol. The molecule has 0 saturated carbocycles. The van der Waals surface area contributed by atoms with Gasteiger partial charge in [0.05, 0.1) is 29.4 Å². The predicted molar refractivity (Wildman–Crippen MR) is 79.3 cm³/mol. The van der Waals surface area contributed by atoms with Crippen molar-refractivity contribution in [3.63, 3.8) is 0 Å². The molecule has 1 aromatic carbocycles. The van der Waals surface area contributed by atoms with Crippen LogP contribution in [0.15, 0.2) is 18.2 Å². The van der Waals surface area contributed by atoms with Gasteiger partial charge in [0.1, 0.15) is 6.10 Å². The van der Waals surface area contributed by atoms with Gasteiger partial charge in [0.25, 0.3) is 0 Å². The Labute approximate surface area is 129 Å². The van der Waals surface area contributed by atoms with Crippen molar-refractivity contribution in [3.05, 3.63) is 33.8 Å². The molecule has 6 heteroatoms. The fourth-order valence-electron chi connectivity index (χ4n) is 2.30. The van der Waals surface area contributed by atoms with Crippen molar-refractivity contribution in [2.24, 2.45) is 5.92 Å². The normalized spacial score (nSPS) is 26.7. The summed E-state index contributed by atoms with van der Waals surface area (Å²) in [5.41, 5.74) is 0.939. The quantitative estimate of drug-likeness (QED) is 0.872. The summed E-state index contributed by atoms with van der Waals surface area (Å²) in [5, 5.41) is 14.5. The number of aliphatic hydroxyl groups excluding tert-OH is 1. The van der Waals surface area contributed by atoms with Gasteiger partial charge in [-0.3, -0.25) is 0 Å². The summed E-state index contributed by atoms with van der Waals surface area (Å²) >= 11 is 12.1. The SMILES string of the molecule is CO[C@@H]1COC[C@@H](CNCc2cccc(Cl)c2Cl)[C@@H]1O. The first-order chi connectivity index (χ1) is 9.63. The van der Waals surface area contributed by atoms with E-state index in [1.165, 1.54) is 0 Å². The van der Waals surface area contributed by atoms with E-state index in [0.29, 0.717) is 36.3 Å². The van der Waals surface area contributed by atoms with Crippen LogP contribution in [0.2, 0.25) is 10.0 Å². The van der Waals surface area contributed by atoms with Crippen molar-refractivity contribution >= 4 is 23.2 Å². The standard InChI is InChI=1S/C14H19Cl2NO3/c1-19-12-8-20-7-10(14(12)18)6-17-5-9-3-2-4-11(15)13(9)16/h2-4,10,12,14,17-18H,5-8H2,1H3/t10-,12-,14+/m1/s1. The number of methoxy groups -OCH3 is 1. The van der Waals surface area contributed by atoms with Gasteiger partial charge in [-0.2, -0.15) is 0 Å². The van der Waals surface area contributed by atoms with E-state index >= 15 is 0 Å². The highest BCUT2D eigenvalue weighted by atomic mass is 35.5. The number of benzene rings is 1. The van der Waals surface area contributed by atoms with Crippen molar-refractivity contribution in [1.29, 1.82) is 0 Å². The third kappa shape index (κ3) is 3.85. The molecule has 2 N–H and O–H groups in total. The van der Waals surface area contributed by atoms with E-state index in [0.717, 1.165) is 5.56 Å². The zero-order valence-electron chi connectivity index (χ0n) is 11.3. The minimum Gasteiger partial charge on any atom is -0.390 e. The molecular formula is C14H19Cl2NO3. The number of ether oxygens (including phenoxy) is 2. The highest BCUT2D eigenvalue weighted by molar-refractivity contribution is 6.42. The first-order valence-electron chi connectivity index (χ1n) is 6.55. The lowest BCUT2D eigenvalue weighted by Crippen LogP contribution is -2.48. The molecule has 0 bridgehead atoms. The van der Waals surface area contributed by atoms with E-state index < -0.39 is 6.10 Å². The fraction of sp³-hybridized carbons (Fsp3) is 0.571. The molecule has 2 rings (SSSR count). The van der Waals surface area contributed by atoms with E-state index in [2.05, 4.69) is 5.32 Å². The van der Waals surface area contributed by atoms with Crippen molar-refractivity contribution in [3.8, 4) is 0 Å². The molecule has 1 aliphatic rings. The summed E-state index contributed by atoms with van der Waals surface area (Å²) in [7, 11) is 1.58. The monoisotopic (exact) mass is 319 g/mol. The lowest BCUT2D eigenvalue weighted by Gasteiger charge is -2.33. The Morgan fingerprint density at radius 2 is 2.20 bits per heavy atom. The van der Waals surface area contributed by atoms with Crippen LogP contribution in [-0.2, 0) is 16.0 Å². The number of hydrogen-bond acceptors (Lipinski definition) is 4. The minimum atomic E-state index is -0.518. The summed E-state index contributed by atoms with van der Waals surface area (Å²) in [6.07, 6.45) is -0.776. The van der Waals surface area contributed by atoms with Crippen LogP contribution in [0.5, 0.6) is 0 Å². The first kappa shape index (κ1) is 16.0. The van der Waals surface area contributed by atoms with Crippen LogP contribution in [0.1, 0.15) is 5.56 Å². The average Bonchev–Trinajstić information content (AvgIpc) is 2.45. The Morgan fingerprint density at radius 3 is 2.95 bits per heavy atom. The van der Waals surface area contributed by atoms with Gasteiger partial charge in [-0.15, -0.1) is 0 Å². The van der Waals surface area contributed by atoms with Crippen LogP contribution in [0.4, 0.5) is 0 Å².